The Hall–Kier alpha value is -0.610. The Morgan fingerprint density at radius 1 is 1.33 bits per heavy atom. The zero-order valence-electron chi connectivity index (χ0n) is 9.75. The molecule has 0 aliphatic carbocycles. The number of carbonyl (C=O) groups is 1. The smallest absolute Gasteiger partial charge is 0.236 e. The molecule has 1 amide bonds. The summed E-state index contributed by atoms with van der Waals surface area (Å²) in [5, 5.41) is 3.37. The zero-order chi connectivity index (χ0) is 10.9. The van der Waals surface area contributed by atoms with Crippen LogP contribution in [0.5, 0.6) is 0 Å². The molecule has 2 fully saturated rings. The summed E-state index contributed by atoms with van der Waals surface area (Å²) in [4.78, 5) is 15.7. The average molecular weight is 211 g/mol. The molecule has 0 bridgehead atoms. The largest absolute Gasteiger partial charge is 0.340 e. The molecule has 2 heterocycles. The Kier molecular flexibility index (Phi) is 2.98. The maximum atomic E-state index is 11.7. The van der Waals surface area contributed by atoms with Gasteiger partial charge in [0.2, 0.25) is 5.91 Å². The van der Waals surface area contributed by atoms with Gasteiger partial charge in [0.15, 0.2) is 0 Å². The van der Waals surface area contributed by atoms with Crippen molar-refractivity contribution in [3.63, 3.8) is 0 Å². The summed E-state index contributed by atoms with van der Waals surface area (Å²) in [6.45, 7) is 4.77. The lowest BCUT2D eigenvalue weighted by molar-refractivity contribution is -0.145. The second-order valence-electron chi connectivity index (χ2n) is 5.24. The molecule has 4 nitrogen and oxygen atoms in total. The van der Waals surface area contributed by atoms with Gasteiger partial charge in [0.1, 0.15) is 0 Å². The minimum atomic E-state index is 0.282. The minimum Gasteiger partial charge on any atom is -0.340 e. The summed E-state index contributed by atoms with van der Waals surface area (Å²) in [5.41, 5.74) is 0.465. The first-order chi connectivity index (χ1) is 7.11. The first-order valence-electron chi connectivity index (χ1n) is 5.75. The number of nitrogens with zero attached hydrogens (tertiary/aromatic N) is 2. The van der Waals surface area contributed by atoms with Crippen molar-refractivity contribution in [2.45, 2.75) is 12.8 Å². The van der Waals surface area contributed by atoms with Crippen LogP contribution in [0.4, 0.5) is 0 Å². The molecule has 15 heavy (non-hydrogen) atoms. The molecule has 0 unspecified atom stereocenters. The number of nitrogens with one attached hydrogen (secondary N) is 1. The zero-order valence-corrected chi connectivity index (χ0v) is 9.75. The summed E-state index contributed by atoms with van der Waals surface area (Å²) in [7, 11) is 3.88. The van der Waals surface area contributed by atoms with Crippen molar-refractivity contribution in [1.29, 1.82) is 0 Å². The SMILES string of the molecule is CN(C)CC(=O)N1CC2(CCNCC2)C1. The molecule has 1 spiro atoms. The molecular weight excluding hydrogens is 190 g/mol. The van der Waals surface area contributed by atoms with Crippen LogP contribution in [0, 0.1) is 5.41 Å². The maximum Gasteiger partial charge on any atom is 0.236 e. The van der Waals surface area contributed by atoms with Gasteiger partial charge in [-0.2, -0.15) is 0 Å². The van der Waals surface area contributed by atoms with Gasteiger partial charge in [-0.05, 0) is 40.0 Å². The highest BCUT2D eigenvalue weighted by molar-refractivity contribution is 5.79. The molecule has 0 aromatic heterocycles. The third kappa shape index (κ3) is 2.32. The monoisotopic (exact) mass is 211 g/mol. The Morgan fingerprint density at radius 2 is 1.93 bits per heavy atom. The number of carbonyl (C=O) groups excluding carboxylic acids is 1. The highest BCUT2D eigenvalue weighted by Crippen LogP contribution is 2.38. The van der Waals surface area contributed by atoms with Crippen LogP contribution in [0.3, 0.4) is 0 Å². The summed E-state index contributed by atoms with van der Waals surface area (Å²) < 4.78 is 0. The molecular formula is C11H21N3O. The Labute approximate surface area is 91.6 Å². The first-order valence-corrected chi connectivity index (χ1v) is 5.75. The molecule has 2 rings (SSSR count). The van der Waals surface area contributed by atoms with E-state index in [2.05, 4.69) is 5.32 Å². The maximum absolute atomic E-state index is 11.7. The van der Waals surface area contributed by atoms with Gasteiger partial charge < -0.3 is 15.1 Å². The Bertz CT molecular complexity index is 238. The fraction of sp³-hybridized carbons (Fsp3) is 0.909. The van der Waals surface area contributed by atoms with Gasteiger partial charge >= 0.3 is 0 Å². The van der Waals surface area contributed by atoms with E-state index in [0.29, 0.717) is 12.0 Å². The Balaban J connectivity index is 1.79. The van der Waals surface area contributed by atoms with Crippen molar-refractivity contribution >= 4 is 5.91 Å². The molecule has 2 saturated heterocycles. The van der Waals surface area contributed by atoms with Gasteiger partial charge in [0.25, 0.3) is 0 Å². The number of hydrogen-bond donors (Lipinski definition) is 1. The van der Waals surface area contributed by atoms with Gasteiger partial charge in [0.05, 0.1) is 6.54 Å². The van der Waals surface area contributed by atoms with Crippen LogP contribution in [-0.2, 0) is 4.79 Å². The first kappa shape index (κ1) is 10.9. The number of rotatable bonds is 2. The quantitative estimate of drug-likeness (QED) is 0.685. The fourth-order valence-corrected chi connectivity index (χ4v) is 2.58. The van der Waals surface area contributed by atoms with Crippen LogP contribution >= 0.6 is 0 Å². The lowest BCUT2D eigenvalue weighted by atomic mass is 9.72. The second kappa shape index (κ2) is 4.10. The molecule has 2 aliphatic heterocycles. The standard InChI is InChI=1S/C11H21N3O/c1-13(2)7-10(15)14-8-11(9-14)3-5-12-6-4-11/h12H,3-9H2,1-2H3. The molecule has 0 radical (unpaired) electrons. The van der Waals surface area contributed by atoms with E-state index in [-0.39, 0.29) is 5.91 Å². The molecule has 0 aromatic carbocycles. The van der Waals surface area contributed by atoms with E-state index in [1.165, 1.54) is 12.8 Å². The number of piperidine rings is 1. The van der Waals surface area contributed by atoms with Crippen LogP contribution in [0.1, 0.15) is 12.8 Å². The predicted molar refractivity (Wildman–Crippen MR) is 59.7 cm³/mol. The molecule has 86 valence electrons. The molecule has 0 atom stereocenters. The fourth-order valence-electron chi connectivity index (χ4n) is 2.58. The number of likely N-dealkylation sites (tertiary alicyclic amines) is 1. The van der Waals surface area contributed by atoms with Crippen molar-refractivity contribution in [3.8, 4) is 0 Å². The second-order valence-corrected chi connectivity index (χ2v) is 5.24. The number of amides is 1. The molecule has 0 aromatic rings. The lowest BCUT2D eigenvalue weighted by Gasteiger charge is -2.52. The highest BCUT2D eigenvalue weighted by atomic mass is 16.2. The van der Waals surface area contributed by atoms with Gasteiger partial charge in [-0.15, -0.1) is 0 Å². The normalized spacial score (nSPS) is 24.3. The van der Waals surface area contributed by atoms with Crippen LogP contribution in [0.2, 0.25) is 0 Å². The lowest BCUT2D eigenvalue weighted by Crippen LogP contribution is -2.62. The summed E-state index contributed by atoms with van der Waals surface area (Å²) >= 11 is 0. The van der Waals surface area contributed by atoms with E-state index < -0.39 is 0 Å². The van der Waals surface area contributed by atoms with Crippen LogP contribution in [-0.4, -0.2) is 62.5 Å². The van der Waals surface area contributed by atoms with E-state index in [0.717, 1.165) is 26.2 Å². The summed E-state index contributed by atoms with van der Waals surface area (Å²) in [5.74, 6) is 0.282. The minimum absolute atomic E-state index is 0.282. The van der Waals surface area contributed by atoms with Crippen LogP contribution in [0.25, 0.3) is 0 Å². The average Bonchev–Trinajstić information content (AvgIpc) is 2.14. The molecule has 2 aliphatic rings. The van der Waals surface area contributed by atoms with E-state index in [1.54, 1.807) is 0 Å². The van der Waals surface area contributed by atoms with Gasteiger partial charge in [-0.1, -0.05) is 0 Å². The van der Waals surface area contributed by atoms with E-state index >= 15 is 0 Å². The van der Waals surface area contributed by atoms with Gasteiger partial charge in [-0.25, -0.2) is 0 Å². The van der Waals surface area contributed by atoms with E-state index in [4.69, 9.17) is 0 Å². The molecule has 0 saturated carbocycles. The molecule has 4 heteroatoms. The van der Waals surface area contributed by atoms with Gasteiger partial charge in [0, 0.05) is 18.5 Å². The van der Waals surface area contributed by atoms with Crippen LogP contribution in [0.15, 0.2) is 0 Å². The molecule has 1 N–H and O–H groups in total. The number of likely N-dealkylation sites (N-methyl/N-ethyl adjacent to an activating group) is 1. The third-order valence-electron chi connectivity index (χ3n) is 3.52. The van der Waals surface area contributed by atoms with Crippen molar-refractivity contribution in [3.05, 3.63) is 0 Å². The van der Waals surface area contributed by atoms with Crippen molar-refractivity contribution in [1.82, 2.24) is 15.1 Å². The Morgan fingerprint density at radius 3 is 2.47 bits per heavy atom. The number of hydrogen-bond acceptors (Lipinski definition) is 3. The highest BCUT2D eigenvalue weighted by Gasteiger charge is 2.45. The van der Waals surface area contributed by atoms with Crippen molar-refractivity contribution in [2.75, 3.05) is 46.8 Å². The summed E-state index contributed by atoms with van der Waals surface area (Å²) in [6.07, 6.45) is 2.47. The van der Waals surface area contributed by atoms with Crippen molar-refractivity contribution < 1.29 is 4.79 Å². The van der Waals surface area contributed by atoms with Crippen molar-refractivity contribution in [2.24, 2.45) is 5.41 Å². The van der Waals surface area contributed by atoms with E-state index in [1.807, 2.05) is 23.9 Å². The summed E-state index contributed by atoms with van der Waals surface area (Å²) in [6, 6.07) is 0. The third-order valence-corrected chi connectivity index (χ3v) is 3.52. The topological polar surface area (TPSA) is 35.6 Å². The predicted octanol–water partition coefficient (Wildman–Crippen LogP) is -0.240. The van der Waals surface area contributed by atoms with Crippen LogP contribution < -0.4 is 5.32 Å². The van der Waals surface area contributed by atoms with Gasteiger partial charge in [-0.3, -0.25) is 4.79 Å². The van der Waals surface area contributed by atoms with E-state index in [9.17, 15) is 4.79 Å².